The number of anilines is 1. The Morgan fingerprint density at radius 1 is 1.00 bits per heavy atom. The molecule has 234 valence electrons. The lowest BCUT2D eigenvalue weighted by atomic mass is 9.88. The lowest BCUT2D eigenvalue weighted by Crippen LogP contribution is -2.51. The number of carbonyl (C=O) groups excluding carboxylic acids is 4. The van der Waals surface area contributed by atoms with Crippen molar-refractivity contribution in [3.05, 3.63) is 47.5 Å². The van der Waals surface area contributed by atoms with E-state index in [0.717, 1.165) is 32.6 Å². The van der Waals surface area contributed by atoms with Crippen LogP contribution in [0.2, 0.25) is 0 Å². The highest BCUT2D eigenvalue weighted by atomic mass is 19.1. The number of hydrogen-bond acceptors (Lipinski definition) is 6. The van der Waals surface area contributed by atoms with Crippen molar-refractivity contribution in [2.24, 2.45) is 23.5 Å². The zero-order valence-electron chi connectivity index (χ0n) is 24.7. The third-order valence-electron chi connectivity index (χ3n) is 8.20. The van der Waals surface area contributed by atoms with Crippen LogP contribution in [0.1, 0.15) is 68.4 Å². The Labute approximate surface area is 249 Å². The van der Waals surface area contributed by atoms with Crippen LogP contribution in [0.15, 0.2) is 30.5 Å². The molecule has 0 aliphatic heterocycles. The number of nitrogens with zero attached hydrogens (tertiary/aromatic N) is 2. The summed E-state index contributed by atoms with van der Waals surface area (Å²) in [5.74, 6) is -3.41. The van der Waals surface area contributed by atoms with Crippen molar-refractivity contribution in [3.63, 3.8) is 0 Å². The van der Waals surface area contributed by atoms with E-state index in [4.69, 9.17) is 5.73 Å². The van der Waals surface area contributed by atoms with Gasteiger partial charge < -0.3 is 27.0 Å². The highest BCUT2D eigenvalue weighted by molar-refractivity contribution is 6.01. The average Bonchev–Trinajstić information content (AvgIpc) is 3.93. The van der Waals surface area contributed by atoms with Gasteiger partial charge in [-0.1, -0.05) is 13.0 Å². The number of alkyl halides is 1. The maximum Gasteiger partial charge on any atom is 0.270 e. The highest BCUT2D eigenvalue weighted by Crippen LogP contribution is 2.51. The summed E-state index contributed by atoms with van der Waals surface area (Å²) in [6, 6.07) is 3.62. The summed E-state index contributed by atoms with van der Waals surface area (Å²) in [5, 5.41) is 14.7. The van der Waals surface area contributed by atoms with Crippen molar-refractivity contribution >= 4 is 29.3 Å². The lowest BCUT2D eigenvalue weighted by molar-refractivity contribution is -0.131. The second-order valence-electron chi connectivity index (χ2n) is 11.4. The number of aryl methyl sites for hydroxylation is 1. The Bertz CT molecular complexity index is 1310. The Kier molecular flexibility index (Phi) is 10.5. The molecule has 2 aromatic rings. The van der Waals surface area contributed by atoms with E-state index in [1.54, 1.807) is 17.7 Å². The fraction of sp³-hybridized carbons (Fsp3) is 0.567. The molecule has 11 nitrogen and oxygen atoms in total. The molecule has 1 heterocycles. The zero-order chi connectivity index (χ0) is 31.3. The number of amides is 4. The topological polar surface area (TPSA) is 160 Å². The smallest absolute Gasteiger partial charge is 0.270 e. The lowest BCUT2D eigenvalue weighted by Gasteiger charge is -2.28. The third-order valence-corrected chi connectivity index (χ3v) is 8.20. The van der Waals surface area contributed by atoms with Gasteiger partial charge in [-0.05, 0) is 81.0 Å². The van der Waals surface area contributed by atoms with Crippen molar-refractivity contribution in [2.75, 3.05) is 18.4 Å². The molecule has 0 radical (unpaired) electrons. The summed E-state index contributed by atoms with van der Waals surface area (Å²) in [4.78, 5) is 51.7. The van der Waals surface area contributed by atoms with Crippen LogP contribution in [0.3, 0.4) is 0 Å². The van der Waals surface area contributed by atoms with E-state index in [0.29, 0.717) is 29.6 Å². The summed E-state index contributed by atoms with van der Waals surface area (Å²) in [5.41, 5.74) is 6.06. The summed E-state index contributed by atoms with van der Waals surface area (Å²) in [7, 11) is 0. The highest BCUT2D eigenvalue weighted by Gasteiger charge is 2.48. The van der Waals surface area contributed by atoms with Crippen LogP contribution < -0.4 is 27.0 Å². The molecule has 1 aromatic heterocycles. The zero-order valence-corrected chi connectivity index (χ0v) is 24.7. The Morgan fingerprint density at radius 3 is 2.23 bits per heavy atom. The van der Waals surface area contributed by atoms with E-state index in [-0.39, 0.29) is 24.7 Å². The number of rotatable bonds is 15. The molecule has 13 heteroatoms. The molecule has 2 saturated carbocycles. The quantitative estimate of drug-likeness (QED) is 0.211. The van der Waals surface area contributed by atoms with Gasteiger partial charge in [-0.25, -0.2) is 8.78 Å². The third kappa shape index (κ3) is 7.95. The molecule has 0 spiro atoms. The van der Waals surface area contributed by atoms with Gasteiger partial charge in [0.05, 0.1) is 5.69 Å². The Hall–Kier alpha value is -3.87. The number of nitrogens with one attached hydrogen (secondary N) is 4. The van der Waals surface area contributed by atoms with Crippen LogP contribution in [-0.4, -0.2) is 64.8 Å². The first-order chi connectivity index (χ1) is 20.5. The van der Waals surface area contributed by atoms with Gasteiger partial charge in [0.15, 0.2) is 6.17 Å². The second kappa shape index (κ2) is 14.1. The van der Waals surface area contributed by atoms with Crippen LogP contribution in [-0.2, 0) is 20.9 Å². The van der Waals surface area contributed by atoms with E-state index in [1.165, 1.54) is 24.4 Å². The van der Waals surface area contributed by atoms with Gasteiger partial charge in [-0.2, -0.15) is 5.10 Å². The second-order valence-corrected chi connectivity index (χ2v) is 11.4. The van der Waals surface area contributed by atoms with E-state index in [9.17, 15) is 23.6 Å². The normalized spacial score (nSPS) is 17.5. The average molecular weight is 602 g/mol. The van der Waals surface area contributed by atoms with E-state index in [2.05, 4.69) is 26.4 Å². The molecule has 6 N–H and O–H groups in total. The van der Waals surface area contributed by atoms with Gasteiger partial charge in [0, 0.05) is 31.7 Å². The monoisotopic (exact) mass is 601 g/mol. The van der Waals surface area contributed by atoms with Crippen LogP contribution in [0.25, 0.3) is 0 Å². The SMILES string of the molecule is CCn1nccc1C(=O)N[C@H](C(=O)Nc1ccc([C@H](C)[C@@H](NC(=O)[C@@H](C)F)C(=O)NCCN)cc1F)C(C1CC1)C1CC1. The number of carbonyl (C=O) groups is 4. The fourth-order valence-corrected chi connectivity index (χ4v) is 5.53. The predicted molar refractivity (Wildman–Crippen MR) is 156 cm³/mol. The summed E-state index contributed by atoms with van der Waals surface area (Å²) < 4.78 is 30.6. The van der Waals surface area contributed by atoms with Gasteiger partial charge >= 0.3 is 0 Å². The minimum absolute atomic E-state index is 0.0568. The van der Waals surface area contributed by atoms with Gasteiger partial charge in [0.25, 0.3) is 11.8 Å². The first-order valence-electron chi connectivity index (χ1n) is 14.9. The molecule has 2 aliphatic carbocycles. The number of halogens is 2. The first kappa shape index (κ1) is 32.1. The Morgan fingerprint density at radius 2 is 1.67 bits per heavy atom. The molecular formula is C30H41F2N7O4. The molecular weight excluding hydrogens is 560 g/mol. The minimum Gasteiger partial charge on any atom is -0.353 e. The van der Waals surface area contributed by atoms with Crippen LogP contribution in [0.4, 0.5) is 14.5 Å². The molecule has 0 saturated heterocycles. The number of nitrogens with two attached hydrogens (primary N) is 1. The first-order valence-corrected chi connectivity index (χ1v) is 14.9. The number of hydrogen-bond donors (Lipinski definition) is 5. The minimum atomic E-state index is -1.85. The molecule has 2 aliphatic rings. The van der Waals surface area contributed by atoms with Crippen LogP contribution in [0.5, 0.6) is 0 Å². The van der Waals surface area contributed by atoms with Crippen molar-refractivity contribution in [1.82, 2.24) is 25.7 Å². The molecule has 4 rings (SSSR count). The predicted octanol–water partition coefficient (Wildman–Crippen LogP) is 2.24. The van der Waals surface area contributed by atoms with Gasteiger partial charge in [-0.3, -0.25) is 23.9 Å². The standard InChI is InChI=1S/C30H41F2N7O4/c1-4-39-23(11-13-35-39)28(41)38-26(24(18-5-6-18)19-7-8-19)30(43)36-22-10-9-20(15-21(22)32)16(2)25(29(42)34-14-12-33)37-27(40)17(3)31/h9-11,13,15-19,24-26H,4-8,12,14,33H2,1-3H3,(H,34,42)(H,36,43)(H,37,40)(H,38,41)/t16-,17+,25+,26-/m0/s1. The largest absolute Gasteiger partial charge is 0.353 e. The van der Waals surface area contributed by atoms with E-state index >= 15 is 4.39 Å². The molecule has 4 atom stereocenters. The van der Waals surface area contributed by atoms with Gasteiger partial charge in [0.1, 0.15) is 23.6 Å². The summed E-state index contributed by atoms with van der Waals surface area (Å²) in [6.07, 6.45) is 3.59. The number of benzene rings is 1. The fourth-order valence-electron chi connectivity index (χ4n) is 5.53. The molecule has 4 amide bonds. The Balaban J connectivity index is 1.53. The van der Waals surface area contributed by atoms with Crippen LogP contribution >= 0.6 is 0 Å². The van der Waals surface area contributed by atoms with E-state index < -0.39 is 53.6 Å². The summed E-state index contributed by atoms with van der Waals surface area (Å²) in [6.45, 7) is 5.31. The molecule has 43 heavy (non-hydrogen) atoms. The van der Waals surface area contributed by atoms with Gasteiger partial charge in [0.2, 0.25) is 11.8 Å². The summed E-state index contributed by atoms with van der Waals surface area (Å²) >= 11 is 0. The molecule has 0 bridgehead atoms. The van der Waals surface area contributed by atoms with Crippen molar-refractivity contribution < 1.29 is 28.0 Å². The molecule has 1 aromatic carbocycles. The number of aromatic nitrogens is 2. The van der Waals surface area contributed by atoms with Crippen molar-refractivity contribution in [2.45, 2.75) is 77.2 Å². The van der Waals surface area contributed by atoms with Gasteiger partial charge in [-0.15, -0.1) is 0 Å². The maximum absolute atomic E-state index is 15.4. The maximum atomic E-state index is 15.4. The van der Waals surface area contributed by atoms with E-state index in [1.807, 2.05) is 6.92 Å². The van der Waals surface area contributed by atoms with Crippen LogP contribution in [0, 0.1) is 23.6 Å². The molecule has 0 unspecified atom stereocenters. The molecule has 2 fully saturated rings. The van der Waals surface area contributed by atoms with Crippen molar-refractivity contribution in [3.8, 4) is 0 Å². The van der Waals surface area contributed by atoms with Crippen molar-refractivity contribution in [1.29, 1.82) is 0 Å².